The van der Waals surface area contributed by atoms with Crippen LogP contribution < -0.4 is 10.6 Å². The van der Waals surface area contributed by atoms with Crippen LogP contribution in [0, 0.1) is 6.92 Å². The van der Waals surface area contributed by atoms with Crippen molar-refractivity contribution in [2.75, 3.05) is 11.9 Å². The summed E-state index contributed by atoms with van der Waals surface area (Å²) in [5.74, 6) is 0.658. The predicted molar refractivity (Wildman–Crippen MR) is 97.2 cm³/mol. The van der Waals surface area contributed by atoms with E-state index in [0.717, 1.165) is 29.8 Å². The Morgan fingerprint density at radius 2 is 2.12 bits per heavy atom. The van der Waals surface area contributed by atoms with Gasteiger partial charge in [-0.05, 0) is 18.9 Å². The zero-order chi connectivity index (χ0) is 17.6. The van der Waals surface area contributed by atoms with E-state index in [4.69, 9.17) is 0 Å². The highest BCUT2D eigenvalue weighted by atomic mass is 16.2. The molecule has 0 saturated heterocycles. The Bertz CT molecular complexity index is 837. The maximum Gasteiger partial charge on any atom is 0.320 e. The summed E-state index contributed by atoms with van der Waals surface area (Å²) >= 11 is 0. The Kier molecular flexibility index (Phi) is 5.13. The summed E-state index contributed by atoms with van der Waals surface area (Å²) in [4.78, 5) is 16.0. The molecule has 3 rings (SSSR count). The molecule has 0 bridgehead atoms. The highest BCUT2D eigenvalue weighted by Gasteiger charge is 2.11. The number of hydrogen-bond donors (Lipinski definition) is 2. The molecule has 0 aliphatic heterocycles. The van der Waals surface area contributed by atoms with Crippen LogP contribution in [0.15, 0.2) is 49.1 Å². The number of urea groups is 1. The quantitative estimate of drug-likeness (QED) is 0.679. The van der Waals surface area contributed by atoms with Gasteiger partial charge in [-0.3, -0.25) is 10.00 Å². The van der Waals surface area contributed by atoms with Gasteiger partial charge in [0, 0.05) is 44.2 Å². The first-order valence-corrected chi connectivity index (χ1v) is 8.24. The van der Waals surface area contributed by atoms with Crippen LogP contribution in [0.1, 0.15) is 12.0 Å². The average Bonchev–Trinajstić information content (AvgIpc) is 3.23. The van der Waals surface area contributed by atoms with Gasteiger partial charge < -0.3 is 9.88 Å². The number of anilines is 1. The SMILES string of the molecule is Cc1ccccc1-c1cc(NC(=O)NCCCn2ccnc2)n(C)n1. The van der Waals surface area contributed by atoms with Crippen molar-refractivity contribution in [3.63, 3.8) is 0 Å². The zero-order valence-corrected chi connectivity index (χ0v) is 14.4. The van der Waals surface area contributed by atoms with Crippen molar-refractivity contribution in [3.05, 3.63) is 54.6 Å². The van der Waals surface area contributed by atoms with Crippen LogP contribution in [0.25, 0.3) is 11.3 Å². The van der Waals surface area contributed by atoms with Crippen LogP contribution >= 0.6 is 0 Å². The molecule has 0 atom stereocenters. The van der Waals surface area contributed by atoms with Gasteiger partial charge in [0.15, 0.2) is 0 Å². The molecule has 0 aliphatic rings. The topological polar surface area (TPSA) is 76.8 Å². The normalized spacial score (nSPS) is 10.6. The first-order valence-electron chi connectivity index (χ1n) is 8.24. The molecule has 0 saturated carbocycles. The molecule has 2 aromatic heterocycles. The van der Waals surface area contributed by atoms with Gasteiger partial charge in [0.1, 0.15) is 5.82 Å². The van der Waals surface area contributed by atoms with Crippen molar-refractivity contribution in [2.24, 2.45) is 7.05 Å². The minimum atomic E-state index is -0.232. The van der Waals surface area contributed by atoms with Gasteiger partial charge in [0.05, 0.1) is 12.0 Å². The van der Waals surface area contributed by atoms with Crippen molar-refractivity contribution in [1.82, 2.24) is 24.6 Å². The fourth-order valence-electron chi connectivity index (χ4n) is 2.62. The highest BCUT2D eigenvalue weighted by Crippen LogP contribution is 2.24. The fourth-order valence-corrected chi connectivity index (χ4v) is 2.62. The largest absolute Gasteiger partial charge is 0.338 e. The maximum atomic E-state index is 12.1. The van der Waals surface area contributed by atoms with Gasteiger partial charge in [-0.25, -0.2) is 9.78 Å². The molecule has 2 amide bonds. The average molecular weight is 338 g/mol. The Balaban J connectivity index is 1.54. The molecule has 3 aromatic rings. The summed E-state index contributed by atoms with van der Waals surface area (Å²) in [6.07, 6.45) is 6.25. The Morgan fingerprint density at radius 3 is 2.88 bits per heavy atom. The van der Waals surface area contributed by atoms with E-state index in [9.17, 15) is 4.79 Å². The minimum absolute atomic E-state index is 0.232. The summed E-state index contributed by atoms with van der Waals surface area (Å²) in [6, 6.07) is 9.70. The lowest BCUT2D eigenvalue weighted by atomic mass is 10.1. The molecule has 2 N–H and O–H groups in total. The van der Waals surface area contributed by atoms with Crippen LogP contribution in [-0.4, -0.2) is 31.9 Å². The van der Waals surface area contributed by atoms with E-state index in [2.05, 4.69) is 20.7 Å². The number of nitrogens with one attached hydrogen (secondary N) is 2. The smallest absolute Gasteiger partial charge is 0.320 e. The molecule has 0 fully saturated rings. The van der Waals surface area contributed by atoms with Gasteiger partial charge >= 0.3 is 6.03 Å². The van der Waals surface area contributed by atoms with Crippen molar-refractivity contribution < 1.29 is 4.79 Å². The molecule has 0 aliphatic carbocycles. The number of amides is 2. The van der Waals surface area contributed by atoms with Gasteiger partial charge in [0.25, 0.3) is 0 Å². The lowest BCUT2D eigenvalue weighted by Crippen LogP contribution is -2.30. The van der Waals surface area contributed by atoms with E-state index in [1.807, 2.05) is 55.1 Å². The molecule has 7 heteroatoms. The second kappa shape index (κ2) is 7.65. The van der Waals surface area contributed by atoms with Gasteiger partial charge in [-0.2, -0.15) is 5.10 Å². The second-order valence-electron chi connectivity index (χ2n) is 5.89. The van der Waals surface area contributed by atoms with Crippen molar-refractivity contribution in [3.8, 4) is 11.3 Å². The molecular weight excluding hydrogens is 316 g/mol. The molecule has 0 spiro atoms. The number of hydrogen-bond acceptors (Lipinski definition) is 3. The minimum Gasteiger partial charge on any atom is -0.338 e. The molecule has 7 nitrogen and oxygen atoms in total. The number of imidazole rings is 1. The fraction of sp³-hybridized carbons (Fsp3) is 0.278. The summed E-state index contributed by atoms with van der Waals surface area (Å²) in [7, 11) is 1.82. The van der Waals surface area contributed by atoms with E-state index in [-0.39, 0.29) is 6.03 Å². The molecular formula is C18H22N6O. The van der Waals surface area contributed by atoms with Crippen molar-refractivity contribution >= 4 is 11.8 Å². The number of rotatable bonds is 6. The van der Waals surface area contributed by atoms with Gasteiger partial charge in [0.2, 0.25) is 0 Å². The standard InChI is InChI=1S/C18H22N6O/c1-14-6-3-4-7-15(14)16-12-17(23(2)22-16)21-18(25)20-8-5-10-24-11-9-19-13-24/h3-4,6-7,9,11-13H,5,8,10H2,1-2H3,(H2,20,21,25). The number of carbonyl (C=O) groups is 1. The second-order valence-corrected chi connectivity index (χ2v) is 5.89. The zero-order valence-electron chi connectivity index (χ0n) is 14.4. The van der Waals surface area contributed by atoms with E-state index in [0.29, 0.717) is 12.4 Å². The molecule has 130 valence electrons. The number of benzene rings is 1. The Labute approximate surface area is 146 Å². The van der Waals surface area contributed by atoms with Crippen LogP contribution in [0.2, 0.25) is 0 Å². The molecule has 1 aromatic carbocycles. The highest BCUT2D eigenvalue weighted by molar-refractivity contribution is 5.89. The summed E-state index contributed by atoms with van der Waals surface area (Å²) in [6.45, 7) is 3.46. The van der Waals surface area contributed by atoms with Gasteiger partial charge in [-0.1, -0.05) is 24.3 Å². The van der Waals surface area contributed by atoms with E-state index < -0.39 is 0 Å². The number of carbonyl (C=O) groups excluding carboxylic acids is 1. The van der Waals surface area contributed by atoms with Crippen molar-refractivity contribution in [1.29, 1.82) is 0 Å². The Hall–Kier alpha value is -3.09. The lowest BCUT2D eigenvalue weighted by molar-refractivity contribution is 0.251. The third kappa shape index (κ3) is 4.26. The predicted octanol–water partition coefficient (Wildman–Crippen LogP) is 2.80. The number of aromatic nitrogens is 4. The first kappa shape index (κ1) is 16.8. The number of nitrogens with zero attached hydrogens (tertiary/aromatic N) is 4. The number of aryl methyl sites for hydroxylation is 3. The molecule has 0 unspecified atom stereocenters. The van der Waals surface area contributed by atoms with E-state index in [1.165, 1.54) is 0 Å². The summed E-state index contributed by atoms with van der Waals surface area (Å²) in [5.41, 5.74) is 3.05. The summed E-state index contributed by atoms with van der Waals surface area (Å²) in [5, 5.41) is 10.2. The molecule has 0 radical (unpaired) electrons. The van der Waals surface area contributed by atoms with Crippen LogP contribution in [0.4, 0.5) is 10.6 Å². The summed E-state index contributed by atoms with van der Waals surface area (Å²) < 4.78 is 3.65. The Morgan fingerprint density at radius 1 is 1.28 bits per heavy atom. The monoisotopic (exact) mass is 338 g/mol. The third-order valence-electron chi connectivity index (χ3n) is 3.98. The van der Waals surface area contributed by atoms with E-state index in [1.54, 1.807) is 17.2 Å². The molecule has 25 heavy (non-hydrogen) atoms. The van der Waals surface area contributed by atoms with Crippen LogP contribution in [0.5, 0.6) is 0 Å². The molecule has 2 heterocycles. The van der Waals surface area contributed by atoms with Crippen LogP contribution in [0.3, 0.4) is 0 Å². The van der Waals surface area contributed by atoms with E-state index >= 15 is 0 Å². The van der Waals surface area contributed by atoms with Gasteiger partial charge in [-0.15, -0.1) is 0 Å². The third-order valence-corrected chi connectivity index (χ3v) is 3.98. The maximum absolute atomic E-state index is 12.1. The van der Waals surface area contributed by atoms with Crippen molar-refractivity contribution in [2.45, 2.75) is 19.9 Å². The first-order chi connectivity index (χ1) is 12.1. The van der Waals surface area contributed by atoms with Crippen LogP contribution in [-0.2, 0) is 13.6 Å². The lowest BCUT2D eigenvalue weighted by Gasteiger charge is -2.07.